The van der Waals surface area contributed by atoms with Crippen LogP contribution in [0, 0.1) is 0 Å². The Morgan fingerprint density at radius 1 is 1.40 bits per heavy atom. The Kier molecular flexibility index (Phi) is 2.81. The van der Waals surface area contributed by atoms with Gasteiger partial charge >= 0.3 is 0 Å². The van der Waals surface area contributed by atoms with Crippen LogP contribution >= 0.6 is 0 Å². The zero-order valence-corrected chi connectivity index (χ0v) is 8.88. The van der Waals surface area contributed by atoms with Crippen LogP contribution in [0.4, 0.5) is 5.69 Å². The lowest BCUT2D eigenvalue weighted by Crippen LogP contribution is -2.01. The molecular weight excluding hydrogens is 190 g/mol. The fourth-order valence-electron chi connectivity index (χ4n) is 1.62. The number of ether oxygens (including phenoxy) is 2. The highest BCUT2D eigenvalue weighted by Crippen LogP contribution is 2.37. The summed E-state index contributed by atoms with van der Waals surface area (Å²) in [6, 6.07) is 4.03. The van der Waals surface area contributed by atoms with Crippen molar-refractivity contribution in [2.45, 2.75) is 13.3 Å². The Bertz CT molecular complexity index is 374. The van der Waals surface area contributed by atoms with E-state index in [1.54, 1.807) is 0 Å². The summed E-state index contributed by atoms with van der Waals surface area (Å²) in [7, 11) is 0. The highest BCUT2D eigenvalue weighted by molar-refractivity contribution is 5.61. The normalized spacial score (nSPS) is 12.6. The molecule has 0 unspecified atom stereocenters. The molecule has 1 aliphatic heterocycles. The molecule has 0 saturated heterocycles. The topological polar surface area (TPSA) is 30.5 Å². The van der Waals surface area contributed by atoms with Crippen molar-refractivity contribution >= 4 is 5.69 Å². The fraction of sp³-hybridized carbons (Fsp3) is 0.333. The number of fused-ring (bicyclic) bond motifs is 1. The molecule has 0 aliphatic carbocycles. The van der Waals surface area contributed by atoms with E-state index in [0.29, 0.717) is 6.79 Å². The number of aryl methyl sites for hydroxylation is 1. The molecule has 0 aromatic heterocycles. The molecule has 0 atom stereocenters. The lowest BCUT2D eigenvalue weighted by molar-refractivity contribution is 0.174. The van der Waals surface area contributed by atoms with Crippen molar-refractivity contribution in [2.24, 2.45) is 0 Å². The van der Waals surface area contributed by atoms with E-state index in [2.05, 4.69) is 18.8 Å². The van der Waals surface area contributed by atoms with Crippen molar-refractivity contribution in [1.82, 2.24) is 0 Å². The minimum atomic E-state index is 0.323. The third-order valence-electron chi connectivity index (χ3n) is 2.42. The fourth-order valence-corrected chi connectivity index (χ4v) is 1.62. The first-order valence-electron chi connectivity index (χ1n) is 5.12. The highest BCUT2D eigenvalue weighted by atomic mass is 16.7. The van der Waals surface area contributed by atoms with Gasteiger partial charge in [0.05, 0.1) is 0 Å². The molecule has 15 heavy (non-hydrogen) atoms. The number of hydrogen-bond acceptors (Lipinski definition) is 3. The minimum Gasteiger partial charge on any atom is -0.454 e. The lowest BCUT2D eigenvalue weighted by Gasteiger charge is -2.10. The van der Waals surface area contributed by atoms with Gasteiger partial charge in [-0.05, 0) is 18.1 Å². The first-order chi connectivity index (χ1) is 7.35. The zero-order valence-electron chi connectivity index (χ0n) is 8.88. The van der Waals surface area contributed by atoms with Gasteiger partial charge < -0.3 is 14.8 Å². The van der Waals surface area contributed by atoms with Crippen LogP contribution in [-0.4, -0.2) is 13.3 Å². The second kappa shape index (κ2) is 4.26. The SMILES string of the molecule is C=CCNc1cc2c(cc1CC)OCO2. The molecule has 1 aromatic carbocycles. The van der Waals surface area contributed by atoms with Gasteiger partial charge in [0.25, 0.3) is 0 Å². The van der Waals surface area contributed by atoms with Crippen LogP contribution in [-0.2, 0) is 6.42 Å². The van der Waals surface area contributed by atoms with Crippen LogP contribution in [0.25, 0.3) is 0 Å². The van der Waals surface area contributed by atoms with Crippen LogP contribution in [0.15, 0.2) is 24.8 Å². The molecule has 0 saturated carbocycles. The molecule has 0 radical (unpaired) electrons. The van der Waals surface area contributed by atoms with E-state index in [1.165, 1.54) is 5.56 Å². The third-order valence-corrected chi connectivity index (χ3v) is 2.42. The van der Waals surface area contributed by atoms with E-state index >= 15 is 0 Å². The van der Waals surface area contributed by atoms with E-state index in [0.717, 1.165) is 30.2 Å². The number of benzene rings is 1. The molecule has 1 heterocycles. The summed E-state index contributed by atoms with van der Waals surface area (Å²) in [4.78, 5) is 0. The Balaban J connectivity index is 2.30. The van der Waals surface area contributed by atoms with Gasteiger partial charge in [0.2, 0.25) is 6.79 Å². The summed E-state index contributed by atoms with van der Waals surface area (Å²) >= 11 is 0. The maximum Gasteiger partial charge on any atom is 0.231 e. The predicted octanol–water partition coefficient (Wildman–Crippen LogP) is 2.58. The second-order valence-corrected chi connectivity index (χ2v) is 3.39. The Hall–Kier alpha value is -1.64. The first kappa shape index (κ1) is 9.90. The summed E-state index contributed by atoms with van der Waals surface area (Å²) < 4.78 is 10.7. The van der Waals surface area contributed by atoms with Crippen LogP contribution in [0.2, 0.25) is 0 Å². The van der Waals surface area contributed by atoms with Gasteiger partial charge in [0.1, 0.15) is 0 Å². The molecule has 0 spiro atoms. The predicted molar refractivity (Wildman–Crippen MR) is 60.6 cm³/mol. The maximum absolute atomic E-state index is 5.33. The van der Waals surface area contributed by atoms with Crippen molar-refractivity contribution in [1.29, 1.82) is 0 Å². The Labute approximate surface area is 89.7 Å². The molecule has 1 N–H and O–H groups in total. The first-order valence-corrected chi connectivity index (χ1v) is 5.12. The van der Waals surface area contributed by atoms with E-state index in [1.807, 2.05) is 18.2 Å². The standard InChI is InChI=1S/C12H15NO2/c1-3-5-13-10-7-12-11(14-8-15-12)6-9(10)4-2/h3,6-7,13H,1,4-5,8H2,2H3. The molecule has 80 valence electrons. The molecule has 1 aromatic rings. The smallest absolute Gasteiger partial charge is 0.231 e. The van der Waals surface area contributed by atoms with Gasteiger partial charge in [-0.1, -0.05) is 13.0 Å². The van der Waals surface area contributed by atoms with Crippen LogP contribution in [0.3, 0.4) is 0 Å². The van der Waals surface area contributed by atoms with Crippen molar-refractivity contribution in [3.05, 3.63) is 30.4 Å². The van der Waals surface area contributed by atoms with Crippen molar-refractivity contribution < 1.29 is 9.47 Å². The molecule has 0 bridgehead atoms. The summed E-state index contributed by atoms with van der Waals surface area (Å²) in [6.07, 6.45) is 2.81. The molecule has 0 amide bonds. The lowest BCUT2D eigenvalue weighted by atomic mass is 10.1. The third kappa shape index (κ3) is 1.91. The average molecular weight is 205 g/mol. The second-order valence-electron chi connectivity index (χ2n) is 3.39. The summed E-state index contributed by atoms with van der Waals surface area (Å²) in [5, 5.41) is 3.29. The van der Waals surface area contributed by atoms with Gasteiger partial charge in [-0.15, -0.1) is 6.58 Å². The van der Waals surface area contributed by atoms with E-state index in [4.69, 9.17) is 9.47 Å². The molecule has 3 heteroatoms. The Morgan fingerprint density at radius 2 is 2.13 bits per heavy atom. The van der Waals surface area contributed by atoms with Crippen molar-refractivity contribution in [3.8, 4) is 11.5 Å². The molecule has 1 aliphatic rings. The number of nitrogens with one attached hydrogen (secondary N) is 1. The average Bonchev–Trinajstić information content (AvgIpc) is 2.71. The highest BCUT2D eigenvalue weighted by Gasteiger charge is 2.15. The van der Waals surface area contributed by atoms with Crippen LogP contribution < -0.4 is 14.8 Å². The number of hydrogen-bond donors (Lipinski definition) is 1. The van der Waals surface area contributed by atoms with Crippen molar-refractivity contribution in [3.63, 3.8) is 0 Å². The molecule has 3 nitrogen and oxygen atoms in total. The van der Waals surface area contributed by atoms with Crippen LogP contribution in [0.1, 0.15) is 12.5 Å². The largest absolute Gasteiger partial charge is 0.454 e. The van der Waals surface area contributed by atoms with Gasteiger partial charge in [0.15, 0.2) is 11.5 Å². The molecular formula is C12H15NO2. The van der Waals surface area contributed by atoms with Crippen molar-refractivity contribution in [2.75, 3.05) is 18.7 Å². The number of anilines is 1. The maximum atomic E-state index is 5.33. The quantitative estimate of drug-likeness (QED) is 0.766. The minimum absolute atomic E-state index is 0.323. The Morgan fingerprint density at radius 3 is 2.80 bits per heavy atom. The molecule has 2 rings (SSSR count). The molecule has 0 fully saturated rings. The number of rotatable bonds is 4. The van der Waals surface area contributed by atoms with Gasteiger partial charge in [0, 0.05) is 18.3 Å². The summed E-state index contributed by atoms with van der Waals surface area (Å²) in [5.74, 6) is 1.66. The van der Waals surface area contributed by atoms with Gasteiger partial charge in [-0.25, -0.2) is 0 Å². The van der Waals surface area contributed by atoms with Crippen LogP contribution in [0.5, 0.6) is 11.5 Å². The zero-order chi connectivity index (χ0) is 10.7. The van der Waals surface area contributed by atoms with E-state index in [9.17, 15) is 0 Å². The van der Waals surface area contributed by atoms with E-state index < -0.39 is 0 Å². The van der Waals surface area contributed by atoms with E-state index in [-0.39, 0.29) is 0 Å². The summed E-state index contributed by atoms with van der Waals surface area (Å²) in [5.41, 5.74) is 2.34. The monoisotopic (exact) mass is 205 g/mol. The van der Waals surface area contributed by atoms with Gasteiger partial charge in [-0.3, -0.25) is 0 Å². The summed E-state index contributed by atoms with van der Waals surface area (Å²) in [6.45, 7) is 6.89. The van der Waals surface area contributed by atoms with Gasteiger partial charge in [-0.2, -0.15) is 0 Å².